The number of aromatic nitrogens is 2. The molecule has 146 valence electrons. The number of carbonyl (C=O) groups is 1. The van der Waals surface area contributed by atoms with Crippen molar-refractivity contribution in [2.24, 2.45) is 0 Å². The summed E-state index contributed by atoms with van der Waals surface area (Å²) in [5.74, 6) is 2.25. The molecule has 1 aromatic carbocycles. The number of hydrogen-bond acceptors (Lipinski definition) is 5. The van der Waals surface area contributed by atoms with E-state index in [0.29, 0.717) is 17.6 Å². The normalized spacial score (nSPS) is 11.3. The van der Waals surface area contributed by atoms with Crippen LogP contribution in [0.25, 0.3) is 10.9 Å². The summed E-state index contributed by atoms with van der Waals surface area (Å²) in [6.07, 6.45) is 8.66. The average molecular weight is 416 g/mol. The van der Waals surface area contributed by atoms with E-state index in [-0.39, 0.29) is 17.0 Å². The van der Waals surface area contributed by atoms with Gasteiger partial charge in [-0.05, 0) is 50.8 Å². The number of halogens is 1. The SMILES string of the molecule is C#Cc1cnc2c(F)cc(C)cc2c1.CSC(C)C(=O)NCc1nc(C)cs1. The van der Waals surface area contributed by atoms with Gasteiger partial charge in [0.15, 0.2) is 0 Å². The van der Waals surface area contributed by atoms with E-state index in [2.05, 4.69) is 21.2 Å². The van der Waals surface area contributed by atoms with Gasteiger partial charge < -0.3 is 5.32 Å². The lowest BCUT2D eigenvalue weighted by Gasteiger charge is -2.07. The van der Waals surface area contributed by atoms with E-state index >= 15 is 0 Å². The number of terminal acetylenes is 1. The maximum Gasteiger partial charge on any atom is 0.233 e. The highest BCUT2D eigenvalue weighted by Gasteiger charge is 2.10. The number of pyridine rings is 1. The van der Waals surface area contributed by atoms with E-state index in [4.69, 9.17) is 6.42 Å². The van der Waals surface area contributed by atoms with Gasteiger partial charge in [-0.3, -0.25) is 9.78 Å². The molecule has 3 rings (SSSR count). The van der Waals surface area contributed by atoms with Gasteiger partial charge in [-0.1, -0.05) is 5.92 Å². The van der Waals surface area contributed by atoms with Crippen LogP contribution in [0.4, 0.5) is 4.39 Å². The number of benzene rings is 1. The topological polar surface area (TPSA) is 54.9 Å². The number of rotatable bonds is 4. The molecule has 2 heterocycles. The molecule has 1 N–H and O–H groups in total. The van der Waals surface area contributed by atoms with Crippen LogP contribution in [0.3, 0.4) is 0 Å². The molecule has 1 amide bonds. The Labute approximate surface area is 173 Å². The van der Waals surface area contributed by atoms with E-state index in [0.717, 1.165) is 21.7 Å². The number of amides is 1. The predicted octanol–water partition coefficient (Wildman–Crippen LogP) is 4.48. The number of carbonyl (C=O) groups excluding carboxylic acids is 1. The molecule has 0 saturated heterocycles. The molecule has 0 saturated carbocycles. The van der Waals surface area contributed by atoms with Crippen molar-refractivity contribution in [3.63, 3.8) is 0 Å². The van der Waals surface area contributed by atoms with Crippen molar-refractivity contribution in [1.29, 1.82) is 0 Å². The first kappa shape index (κ1) is 21.9. The molecule has 7 heteroatoms. The molecule has 4 nitrogen and oxygen atoms in total. The maximum atomic E-state index is 13.4. The third-order valence-corrected chi connectivity index (χ3v) is 5.74. The summed E-state index contributed by atoms with van der Waals surface area (Å²) in [7, 11) is 0. The third kappa shape index (κ3) is 6.04. The Morgan fingerprint density at radius 2 is 2.14 bits per heavy atom. The minimum atomic E-state index is -0.302. The molecule has 0 aliphatic carbocycles. The summed E-state index contributed by atoms with van der Waals surface area (Å²) in [6, 6.07) is 5.09. The van der Waals surface area contributed by atoms with Crippen molar-refractivity contribution >= 4 is 39.9 Å². The smallest absolute Gasteiger partial charge is 0.233 e. The summed E-state index contributed by atoms with van der Waals surface area (Å²) >= 11 is 3.12. The zero-order valence-corrected chi connectivity index (χ0v) is 17.9. The van der Waals surface area contributed by atoms with Crippen LogP contribution in [0.1, 0.15) is 28.8 Å². The van der Waals surface area contributed by atoms with Crippen LogP contribution in [0.5, 0.6) is 0 Å². The fourth-order valence-corrected chi connectivity index (χ4v) is 3.33. The fraction of sp³-hybridized carbons (Fsp3) is 0.286. The molecule has 0 spiro atoms. The van der Waals surface area contributed by atoms with Gasteiger partial charge >= 0.3 is 0 Å². The number of thioether (sulfide) groups is 1. The van der Waals surface area contributed by atoms with Crippen molar-refractivity contribution in [3.05, 3.63) is 57.4 Å². The van der Waals surface area contributed by atoms with Gasteiger partial charge in [-0.25, -0.2) is 9.37 Å². The molecule has 2 aromatic heterocycles. The van der Waals surface area contributed by atoms with Gasteiger partial charge in [0.2, 0.25) is 5.91 Å². The number of hydrogen-bond donors (Lipinski definition) is 1. The monoisotopic (exact) mass is 415 g/mol. The highest BCUT2D eigenvalue weighted by Crippen LogP contribution is 2.18. The largest absolute Gasteiger partial charge is 0.349 e. The lowest BCUT2D eigenvalue weighted by Crippen LogP contribution is -2.30. The van der Waals surface area contributed by atoms with Crippen LogP contribution in [0, 0.1) is 32.0 Å². The van der Waals surface area contributed by atoms with Gasteiger partial charge in [0.25, 0.3) is 0 Å². The van der Waals surface area contributed by atoms with Crippen molar-refractivity contribution < 1.29 is 9.18 Å². The Kier molecular flexibility index (Phi) is 7.97. The lowest BCUT2D eigenvalue weighted by atomic mass is 10.1. The summed E-state index contributed by atoms with van der Waals surface area (Å²) in [4.78, 5) is 19.6. The third-order valence-electron chi connectivity index (χ3n) is 3.85. The number of nitrogens with one attached hydrogen (secondary N) is 1. The molecule has 3 aromatic rings. The van der Waals surface area contributed by atoms with E-state index in [9.17, 15) is 9.18 Å². The Hall–Kier alpha value is -2.43. The minimum absolute atomic E-state index is 0.0102. The first-order chi connectivity index (χ1) is 13.3. The Morgan fingerprint density at radius 3 is 2.75 bits per heavy atom. The second kappa shape index (κ2) is 10.2. The Morgan fingerprint density at radius 1 is 1.39 bits per heavy atom. The van der Waals surface area contributed by atoms with Gasteiger partial charge in [-0.2, -0.15) is 11.8 Å². The van der Waals surface area contributed by atoms with Gasteiger partial charge in [0.1, 0.15) is 16.3 Å². The summed E-state index contributed by atoms with van der Waals surface area (Å²) in [6.45, 7) is 6.23. The molecule has 1 unspecified atom stereocenters. The van der Waals surface area contributed by atoms with Crippen LogP contribution in [0.2, 0.25) is 0 Å². The zero-order valence-electron chi connectivity index (χ0n) is 16.2. The zero-order chi connectivity index (χ0) is 20.7. The van der Waals surface area contributed by atoms with Crippen molar-refractivity contribution in [1.82, 2.24) is 15.3 Å². The van der Waals surface area contributed by atoms with Crippen LogP contribution in [-0.4, -0.2) is 27.4 Å². The fourth-order valence-electron chi connectivity index (χ4n) is 2.32. The average Bonchev–Trinajstić information content (AvgIpc) is 3.10. The summed E-state index contributed by atoms with van der Waals surface area (Å²) in [5, 5.41) is 6.56. The van der Waals surface area contributed by atoms with Crippen LogP contribution < -0.4 is 5.32 Å². The first-order valence-electron chi connectivity index (χ1n) is 8.58. The minimum Gasteiger partial charge on any atom is -0.349 e. The highest BCUT2D eigenvalue weighted by molar-refractivity contribution is 7.99. The molecular weight excluding hydrogens is 393 g/mol. The van der Waals surface area contributed by atoms with E-state index < -0.39 is 0 Å². The van der Waals surface area contributed by atoms with Crippen LogP contribution >= 0.6 is 23.1 Å². The molecule has 28 heavy (non-hydrogen) atoms. The molecular formula is C21H22FN3OS2. The Bertz CT molecular complexity index is 1010. The standard InChI is InChI=1S/C12H8FN.C9H14N2OS2/c1-3-9-6-10-4-8(2)5-11(13)12(10)14-7-9;1-6-5-14-8(11-6)4-10-9(12)7(2)13-3/h1,4-7H,2H3;5,7H,4H2,1-3H3,(H,10,12). The van der Waals surface area contributed by atoms with E-state index in [1.807, 2.05) is 38.5 Å². The second-order valence-electron chi connectivity index (χ2n) is 6.17. The van der Waals surface area contributed by atoms with Crippen molar-refractivity contribution in [3.8, 4) is 12.3 Å². The predicted molar refractivity (Wildman–Crippen MR) is 116 cm³/mol. The number of nitrogens with zero attached hydrogens (tertiary/aromatic N) is 2. The summed E-state index contributed by atoms with van der Waals surface area (Å²) < 4.78 is 13.4. The van der Waals surface area contributed by atoms with E-state index in [1.165, 1.54) is 12.3 Å². The van der Waals surface area contributed by atoms with Crippen LogP contribution in [-0.2, 0) is 11.3 Å². The van der Waals surface area contributed by atoms with Crippen molar-refractivity contribution in [2.45, 2.75) is 32.6 Å². The molecule has 1 atom stereocenters. The number of thiazole rings is 1. The van der Waals surface area contributed by atoms with E-state index in [1.54, 1.807) is 29.2 Å². The summed E-state index contributed by atoms with van der Waals surface area (Å²) in [5.41, 5.74) is 2.92. The molecule has 0 fully saturated rings. The highest BCUT2D eigenvalue weighted by atomic mass is 32.2. The van der Waals surface area contributed by atoms with Gasteiger partial charge in [0, 0.05) is 28.2 Å². The number of aryl methyl sites for hydroxylation is 2. The maximum absolute atomic E-state index is 13.4. The molecule has 0 aliphatic rings. The molecule has 0 aliphatic heterocycles. The van der Waals surface area contributed by atoms with Crippen LogP contribution in [0.15, 0.2) is 29.8 Å². The lowest BCUT2D eigenvalue weighted by molar-refractivity contribution is -0.120. The van der Waals surface area contributed by atoms with Gasteiger partial charge in [0.05, 0.1) is 11.8 Å². The second-order valence-corrected chi connectivity index (χ2v) is 8.29. The quantitative estimate of drug-likeness (QED) is 0.638. The number of fused-ring (bicyclic) bond motifs is 1. The first-order valence-corrected chi connectivity index (χ1v) is 10.7. The van der Waals surface area contributed by atoms with Crippen molar-refractivity contribution in [2.75, 3.05) is 6.26 Å². The Balaban J connectivity index is 0.000000200. The molecule has 0 bridgehead atoms. The molecule has 0 radical (unpaired) electrons. The van der Waals surface area contributed by atoms with Gasteiger partial charge in [-0.15, -0.1) is 17.8 Å².